The largest absolute Gasteiger partial charge is 0.383 e. The molecule has 1 atom stereocenters. The van der Waals surface area contributed by atoms with Crippen LogP contribution in [-0.2, 0) is 11.8 Å². The predicted molar refractivity (Wildman–Crippen MR) is 79.4 cm³/mol. The van der Waals surface area contributed by atoms with Crippen LogP contribution >= 0.6 is 23.5 Å². The van der Waals surface area contributed by atoms with E-state index in [0.29, 0.717) is 12.6 Å². The van der Waals surface area contributed by atoms with Crippen molar-refractivity contribution in [2.75, 3.05) is 36.7 Å². The second-order valence-electron chi connectivity index (χ2n) is 4.40. The Bertz CT molecular complexity index is 351. The van der Waals surface area contributed by atoms with Crippen LogP contribution in [0.25, 0.3) is 0 Å². The number of hydrogen-bond donors (Lipinski definition) is 1. The maximum atomic E-state index is 5.34. The molecule has 6 heteroatoms. The van der Waals surface area contributed by atoms with E-state index in [4.69, 9.17) is 4.74 Å². The van der Waals surface area contributed by atoms with E-state index in [1.54, 1.807) is 7.11 Å². The number of ether oxygens (including phenoxy) is 1. The van der Waals surface area contributed by atoms with Crippen molar-refractivity contribution in [2.24, 2.45) is 7.05 Å². The minimum absolute atomic E-state index is 0.229. The third-order valence-electron chi connectivity index (χ3n) is 3.00. The van der Waals surface area contributed by atoms with Gasteiger partial charge >= 0.3 is 0 Å². The molecule has 0 amide bonds. The Balaban J connectivity index is 1.99. The molecule has 0 unspecified atom stereocenters. The zero-order valence-electron chi connectivity index (χ0n) is 11.0. The number of hydrogen-bond acceptors (Lipinski definition) is 5. The molecule has 0 bridgehead atoms. The molecule has 1 aliphatic heterocycles. The zero-order valence-corrected chi connectivity index (χ0v) is 12.6. The normalized spacial score (nSPS) is 19.7. The summed E-state index contributed by atoms with van der Waals surface area (Å²) < 4.78 is 7.26. The van der Waals surface area contributed by atoms with Crippen LogP contribution in [0.4, 0.5) is 0 Å². The fourth-order valence-electron chi connectivity index (χ4n) is 2.11. The Morgan fingerprint density at radius 3 is 2.78 bits per heavy atom. The van der Waals surface area contributed by atoms with Gasteiger partial charge in [0.2, 0.25) is 0 Å². The van der Waals surface area contributed by atoms with Crippen LogP contribution in [0.3, 0.4) is 0 Å². The lowest BCUT2D eigenvalue weighted by Gasteiger charge is -2.24. The van der Waals surface area contributed by atoms with Gasteiger partial charge < -0.3 is 10.1 Å². The third kappa shape index (κ3) is 3.91. The number of aromatic nitrogens is 2. The van der Waals surface area contributed by atoms with Crippen molar-refractivity contribution >= 4 is 23.5 Å². The van der Waals surface area contributed by atoms with Crippen LogP contribution in [0.5, 0.6) is 0 Å². The summed E-state index contributed by atoms with van der Waals surface area (Å²) in [5.41, 5.74) is 1.19. The molecule has 0 spiro atoms. The number of aryl methyl sites for hydroxylation is 1. The van der Waals surface area contributed by atoms with Gasteiger partial charge in [0.15, 0.2) is 0 Å². The minimum atomic E-state index is 0.229. The lowest BCUT2D eigenvalue weighted by Crippen LogP contribution is -2.39. The van der Waals surface area contributed by atoms with Gasteiger partial charge in [0.25, 0.3) is 0 Å². The molecule has 1 aromatic rings. The van der Waals surface area contributed by atoms with Crippen LogP contribution in [0.1, 0.15) is 11.7 Å². The van der Waals surface area contributed by atoms with E-state index >= 15 is 0 Å². The summed E-state index contributed by atoms with van der Waals surface area (Å²) in [6, 6.07) is 2.84. The first-order chi connectivity index (χ1) is 8.81. The molecule has 1 N–H and O–H groups in total. The summed E-state index contributed by atoms with van der Waals surface area (Å²) in [6.07, 6.45) is 1.84. The molecular weight excluding hydrogens is 266 g/mol. The summed E-state index contributed by atoms with van der Waals surface area (Å²) >= 11 is 4.08. The highest BCUT2D eigenvalue weighted by molar-refractivity contribution is 8.03. The van der Waals surface area contributed by atoms with Crippen LogP contribution in [0.15, 0.2) is 12.3 Å². The molecule has 2 heterocycles. The van der Waals surface area contributed by atoms with Crippen molar-refractivity contribution in [1.82, 2.24) is 15.1 Å². The molecule has 0 aliphatic carbocycles. The standard InChI is InChI=1S/C12H21N3OS2/c1-15-12(3-4-13-15)11(7-16-2)14-10-8-17-5-6-18-9-10/h3-4,10-11,14H,5-9H2,1-2H3/t11-/m1/s1. The molecule has 1 aromatic heterocycles. The predicted octanol–water partition coefficient (Wildman–Crippen LogP) is 1.55. The summed E-state index contributed by atoms with van der Waals surface area (Å²) in [6.45, 7) is 0.686. The van der Waals surface area contributed by atoms with E-state index in [-0.39, 0.29) is 6.04 Å². The van der Waals surface area contributed by atoms with Crippen molar-refractivity contribution in [2.45, 2.75) is 12.1 Å². The van der Waals surface area contributed by atoms with Crippen molar-refractivity contribution in [1.29, 1.82) is 0 Å². The van der Waals surface area contributed by atoms with Crippen molar-refractivity contribution in [3.63, 3.8) is 0 Å². The van der Waals surface area contributed by atoms with Crippen LogP contribution in [0, 0.1) is 0 Å². The molecule has 18 heavy (non-hydrogen) atoms. The van der Waals surface area contributed by atoms with E-state index in [9.17, 15) is 0 Å². The molecule has 2 rings (SSSR count). The van der Waals surface area contributed by atoms with Gasteiger partial charge in [0.05, 0.1) is 18.3 Å². The van der Waals surface area contributed by atoms with Crippen molar-refractivity contribution in [3.05, 3.63) is 18.0 Å². The first-order valence-electron chi connectivity index (χ1n) is 6.19. The quantitative estimate of drug-likeness (QED) is 0.889. The van der Waals surface area contributed by atoms with E-state index in [2.05, 4.69) is 16.5 Å². The maximum Gasteiger partial charge on any atom is 0.0731 e. The monoisotopic (exact) mass is 287 g/mol. The van der Waals surface area contributed by atoms with E-state index in [1.165, 1.54) is 28.7 Å². The van der Waals surface area contributed by atoms with Crippen LogP contribution < -0.4 is 5.32 Å². The summed E-state index contributed by atoms with van der Waals surface area (Å²) in [5.74, 6) is 4.91. The van der Waals surface area contributed by atoms with Crippen LogP contribution in [0.2, 0.25) is 0 Å². The van der Waals surface area contributed by atoms with Gasteiger partial charge in [-0.2, -0.15) is 28.6 Å². The highest BCUT2D eigenvalue weighted by Gasteiger charge is 2.20. The first kappa shape index (κ1) is 14.2. The van der Waals surface area contributed by atoms with Crippen molar-refractivity contribution in [3.8, 4) is 0 Å². The fraction of sp³-hybridized carbons (Fsp3) is 0.750. The van der Waals surface area contributed by atoms with Gasteiger partial charge in [-0.15, -0.1) is 0 Å². The van der Waals surface area contributed by atoms with Gasteiger partial charge in [-0.3, -0.25) is 4.68 Å². The van der Waals surface area contributed by atoms with Gasteiger partial charge in [0.1, 0.15) is 0 Å². The average Bonchev–Trinajstić information content (AvgIpc) is 2.63. The summed E-state index contributed by atoms with van der Waals surface area (Å²) in [4.78, 5) is 0. The van der Waals surface area contributed by atoms with Crippen LogP contribution in [-0.4, -0.2) is 52.6 Å². The highest BCUT2D eigenvalue weighted by atomic mass is 32.2. The van der Waals surface area contributed by atoms with E-state index in [1.807, 2.05) is 41.5 Å². The average molecular weight is 287 g/mol. The molecule has 0 saturated carbocycles. The Kier molecular flexibility index (Phi) is 5.88. The van der Waals surface area contributed by atoms with Gasteiger partial charge in [-0.05, 0) is 6.07 Å². The lowest BCUT2D eigenvalue weighted by molar-refractivity contribution is 0.160. The van der Waals surface area contributed by atoms with E-state index < -0.39 is 0 Å². The first-order valence-corrected chi connectivity index (χ1v) is 8.50. The topological polar surface area (TPSA) is 39.1 Å². The van der Waals surface area contributed by atoms with Gasteiger partial charge in [-0.1, -0.05) is 0 Å². The fourth-order valence-corrected chi connectivity index (χ4v) is 4.53. The number of rotatable bonds is 5. The number of nitrogens with one attached hydrogen (secondary N) is 1. The smallest absolute Gasteiger partial charge is 0.0731 e. The summed E-state index contributed by atoms with van der Waals surface area (Å²) in [5, 5.41) is 7.95. The SMILES string of the molecule is COC[C@@H](NC1CSCCSC1)c1ccnn1C. The van der Waals surface area contributed by atoms with Gasteiger partial charge in [0, 0.05) is 49.4 Å². The number of thioether (sulfide) groups is 2. The highest BCUT2D eigenvalue weighted by Crippen LogP contribution is 2.20. The second-order valence-corrected chi connectivity index (χ2v) is 6.70. The number of methoxy groups -OCH3 is 1. The maximum absolute atomic E-state index is 5.34. The minimum Gasteiger partial charge on any atom is -0.383 e. The molecule has 1 saturated heterocycles. The molecule has 1 fully saturated rings. The molecular formula is C12H21N3OS2. The molecule has 4 nitrogen and oxygen atoms in total. The molecule has 1 aliphatic rings. The Labute approximate surface area is 117 Å². The Morgan fingerprint density at radius 1 is 1.50 bits per heavy atom. The number of nitrogens with zero attached hydrogens (tertiary/aromatic N) is 2. The Hall–Kier alpha value is -0.170. The third-order valence-corrected chi connectivity index (χ3v) is 5.52. The molecule has 0 aromatic carbocycles. The molecule has 102 valence electrons. The molecule has 0 radical (unpaired) electrons. The lowest BCUT2D eigenvalue weighted by atomic mass is 10.2. The van der Waals surface area contributed by atoms with E-state index in [0.717, 1.165) is 0 Å². The summed E-state index contributed by atoms with van der Waals surface area (Å²) in [7, 11) is 3.73. The second kappa shape index (κ2) is 7.43. The van der Waals surface area contributed by atoms with Crippen molar-refractivity contribution < 1.29 is 4.74 Å². The Morgan fingerprint density at radius 2 is 2.22 bits per heavy atom. The zero-order chi connectivity index (χ0) is 12.8. The van der Waals surface area contributed by atoms with Gasteiger partial charge in [-0.25, -0.2) is 0 Å².